The molecule has 0 aromatic heterocycles. The molecule has 11 heavy (non-hydrogen) atoms. The van der Waals surface area contributed by atoms with Crippen LogP contribution in [-0.4, -0.2) is 24.0 Å². The van der Waals surface area contributed by atoms with E-state index < -0.39 is 0 Å². The molecule has 0 bridgehead atoms. The first-order valence-corrected chi connectivity index (χ1v) is 4.14. The standard InChI is InChI=1S/C8H17NO2/c1-8(9-10)5-3-7(11-2)4-6-8/h7,9-10H,3-6H2,1-2H3. The van der Waals surface area contributed by atoms with Crippen LogP contribution in [0, 0.1) is 0 Å². The SMILES string of the molecule is COC1CCC(C)(NO)CC1. The molecule has 0 saturated heterocycles. The van der Waals surface area contributed by atoms with Crippen molar-refractivity contribution in [2.75, 3.05) is 7.11 Å². The fourth-order valence-electron chi connectivity index (χ4n) is 1.58. The van der Waals surface area contributed by atoms with Crippen molar-refractivity contribution in [1.82, 2.24) is 5.48 Å². The predicted molar refractivity (Wildman–Crippen MR) is 42.6 cm³/mol. The Hall–Kier alpha value is -0.120. The smallest absolute Gasteiger partial charge is 0.0572 e. The number of nitrogens with one attached hydrogen (secondary N) is 1. The van der Waals surface area contributed by atoms with Crippen LogP contribution < -0.4 is 5.48 Å². The van der Waals surface area contributed by atoms with E-state index in [-0.39, 0.29) is 5.54 Å². The molecule has 1 fully saturated rings. The Morgan fingerprint density at radius 3 is 2.36 bits per heavy atom. The number of ether oxygens (including phenoxy) is 1. The highest BCUT2D eigenvalue weighted by molar-refractivity contribution is 4.86. The van der Waals surface area contributed by atoms with Gasteiger partial charge < -0.3 is 9.94 Å². The summed E-state index contributed by atoms with van der Waals surface area (Å²) >= 11 is 0. The molecule has 3 heteroatoms. The molecule has 0 aromatic rings. The average Bonchev–Trinajstić information content (AvgIpc) is 2.06. The van der Waals surface area contributed by atoms with Crippen LogP contribution in [0.2, 0.25) is 0 Å². The molecule has 0 spiro atoms. The zero-order valence-electron chi connectivity index (χ0n) is 7.26. The molecule has 1 rings (SSSR count). The molecule has 0 radical (unpaired) electrons. The Morgan fingerprint density at radius 2 is 2.00 bits per heavy atom. The van der Waals surface area contributed by atoms with Crippen molar-refractivity contribution in [1.29, 1.82) is 0 Å². The van der Waals surface area contributed by atoms with Gasteiger partial charge in [-0.15, -0.1) is 0 Å². The van der Waals surface area contributed by atoms with Crippen LogP contribution in [0.3, 0.4) is 0 Å². The fourth-order valence-corrected chi connectivity index (χ4v) is 1.58. The number of methoxy groups -OCH3 is 1. The molecular weight excluding hydrogens is 142 g/mol. The average molecular weight is 159 g/mol. The topological polar surface area (TPSA) is 41.5 Å². The molecule has 1 aliphatic carbocycles. The summed E-state index contributed by atoms with van der Waals surface area (Å²) in [6.45, 7) is 2.04. The van der Waals surface area contributed by atoms with E-state index in [2.05, 4.69) is 5.48 Å². The van der Waals surface area contributed by atoms with E-state index in [0.29, 0.717) is 6.10 Å². The summed E-state index contributed by atoms with van der Waals surface area (Å²) in [4.78, 5) is 0. The fraction of sp³-hybridized carbons (Fsp3) is 1.00. The Bertz CT molecular complexity index is 119. The highest BCUT2D eigenvalue weighted by Gasteiger charge is 2.30. The van der Waals surface area contributed by atoms with Crippen LogP contribution >= 0.6 is 0 Å². The molecule has 0 amide bonds. The maximum Gasteiger partial charge on any atom is 0.0572 e. The minimum Gasteiger partial charge on any atom is -0.381 e. The molecule has 1 aliphatic rings. The van der Waals surface area contributed by atoms with E-state index >= 15 is 0 Å². The van der Waals surface area contributed by atoms with E-state index in [9.17, 15) is 0 Å². The molecule has 66 valence electrons. The van der Waals surface area contributed by atoms with Gasteiger partial charge in [-0.05, 0) is 32.6 Å². The second kappa shape index (κ2) is 3.52. The summed E-state index contributed by atoms with van der Waals surface area (Å²) in [5.74, 6) is 0. The van der Waals surface area contributed by atoms with Gasteiger partial charge in [0.15, 0.2) is 0 Å². The van der Waals surface area contributed by atoms with Gasteiger partial charge in [0.25, 0.3) is 0 Å². The molecule has 0 atom stereocenters. The second-order valence-electron chi connectivity index (χ2n) is 3.61. The monoisotopic (exact) mass is 159 g/mol. The lowest BCUT2D eigenvalue weighted by molar-refractivity contribution is -0.00234. The minimum absolute atomic E-state index is 0.0744. The number of hydrogen-bond donors (Lipinski definition) is 2. The van der Waals surface area contributed by atoms with Crippen LogP contribution in [0.4, 0.5) is 0 Å². The predicted octanol–water partition coefficient (Wildman–Crippen LogP) is 1.31. The largest absolute Gasteiger partial charge is 0.381 e. The van der Waals surface area contributed by atoms with Gasteiger partial charge in [0.1, 0.15) is 0 Å². The van der Waals surface area contributed by atoms with E-state index in [0.717, 1.165) is 25.7 Å². The molecule has 0 aliphatic heterocycles. The normalized spacial score (nSPS) is 39.0. The van der Waals surface area contributed by atoms with Gasteiger partial charge >= 0.3 is 0 Å². The zero-order valence-corrected chi connectivity index (χ0v) is 7.26. The second-order valence-corrected chi connectivity index (χ2v) is 3.61. The van der Waals surface area contributed by atoms with Crippen LogP contribution in [0.5, 0.6) is 0 Å². The molecule has 3 nitrogen and oxygen atoms in total. The van der Waals surface area contributed by atoms with E-state index in [1.54, 1.807) is 7.11 Å². The summed E-state index contributed by atoms with van der Waals surface area (Å²) < 4.78 is 5.22. The molecule has 1 saturated carbocycles. The van der Waals surface area contributed by atoms with Gasteiger partial charge in [-0.25, -0.2) is 0 Å². The van der Waals surface area contributed by atoms with Crippen LogP contribution in [-0.2, 0) is 4.74 Å². The van der Waals surface area contributed by atoms with Crippen molar-refractivity contribution in [2.24, 2.45) is 0 Å². The zero-order chi connectivity index (χ0) is 8.32. The first kappa shape index (κ1) is 8.97. The molecular formula is C8H17NO2. The number of rotatable bonds is 2. The highest BCUT2D eigenvalue weighted by atomic mass is 16.5. The summed E-state index contributed by atoms with van der Waals surface area (Å²) in [6, 6.07) is 0. The Balaban J connectivity index is 2.35. The lowest BCUT2D eigenvalue weighted by Gasteiger charge is -2.35. The van der Waals surface area contributed by atoms with E-state index in [4.69, 9.17) is 9.94 Å². The molecule has 0 unspecified atom stereocenters. The third kappa shape index (κ3) is 2.15. The van der Waals surface area contributed by atoms with Gasteiger partial charge in [0, 0.05) is 12.6 Å². The summed E-state index contributed by atoms with van der Waals surface area (Å²) in [6.07, 6.45) is 4.46. The van der Waals surface area contributed by atoms with Crippen molar-refractivity contribution in [3.05, 3.63) is 0 Å². The lowest BCUT2D eigenvalue weighted by Crippen LogP contribution is -2.44. The maximum absolute atomic E-state index is 8.82. The van der Waals surface area contributed by atoms with Crippen molar-refractivity contribution in [3.8, 4) is 0 Å². The quantitative estimate of drug-likeness (QED) is 0.597. The summed E-state index contributed by atoms with van der Waals surface area (Å²) in [5, 5.41) is 8.82. The third-order valence-electron chi connectivity index (χ3n) is 2.64. The van der Waals surface area contributed by atoms with Crippen molar-refractivity contribution < 1.29 is 9.94 Å². The van der Waals surface area contributed by atoms with Gasteiger partial charge in [0.05, 0.1) is 6.10 Å². The van der Waals surface area contributed by atoms with Crippen molar-refractivity contribution in [2.45, 2.75) is 44.2 Å². The third-order valence-corrected chi connectivity index (χ3v) is 2.64. The van der Waals surface area contributed by atoms with Gasteiger partial charge in [-0.3, -0.25) is 0 Å². The number of hydroxylamine groups is 1. The molecule has 0 aromatic carbocycles. The summed E-state index contributed by atoms with van der Waals surface area (Å²) in [7, 11) is 1.75. The van der Waals surface area contributed by atoms with Crippen LogP contribution in [0.1, 0.15) is 32.6 Å². The Kier molecular flexibility index (Phi) is 2.87. The first-order valence-electron chi connectivity index (χ1n) is 4.14. The van der Waals surface area contributed by atoms with Crippen LogP contribution in [0.15, 0.2) is 0 Å². The van der Waals surface area contributed by atoms with Crippen LogP contribution in [0.25, 0.3) is 0 Å². The van der Waals surface area contributed by atoms with Gasteiger partial charge in [-0.1, -0.05) is 0 Å². The Labute approximate surface area is 67.7 Å². The minimum atomic E-state index is -0.0744. The Morgan fingerprint density at radius 1 is 1.45 bits per heavy atom. The maximum atomic E-state index is 8.82. The molecule has 2 N–H and O–H groups in total. The summed E-state index contributed by atoms with van der Waals surface area (Å²) in [5.41, 5.74) is 2.29. The first-order chi connectivity index (χ1) is 5.20. The van der Waals surface area contributed by atoms with Crippen molar-refractivity contribution in [3.63, 3.8) is 0 Å². The molecule has 0 heterocycles. The van der Waals surface area contributed by atoms with Crippen molar-refractivity contribution >= 4 is 0 Å². The van der Waals surface area contributed by atoms with E-state index in [1.165, 1.54) is 0 Å². The lowest BCUT2D eigenvalue weighted by atomic mass is 9.82. The number of hydrogen-bond acceptors (Lipinski definition) is 3. The van der Waals surface area contributed by atoms with Gasteiger partial charge in [0.2, 0.25) is 0 Å². The van der Waals surface area contributed by atoms with Gasteiger partial charge in [-0.2, -0.15) is 5.48 Å². The van der Waals surface area contributed by atoms with E-state index in [1.807, 2.05) is 6.92 Å². The highest BCUT2D eigenvalue weighted by Crippen LogP contribution is 2.28.